The van der Waals surface area contributed by atoms with Gasteiger partial charge in [-0.1, -0.05) is 12.1 Å². The number of carboxylic acids is 1. The largest absolute Gasteiger partial charge is 0.481 e. The third kappa shape index (κ3) is 4.61. The van der Waals surface area contributed by atoms with Gasteiger partial charge in [0.15, 0.2) is 0 Å². The predicted molar refractivity (Wildman–Crippen MR) is 74.5 cm³/mol. The molecular weight excluding hydrogens is 349 g/mol. The Hall–Kier alpha value is -1.15. The van der Waals surface area contributed by atoms with Crippen LogP contribution in [-0.4, -0.2) is 36.7 Å². The van der Waals surface area contributed by atoms with Crippen LogP contribution < -0.4 is 5.32 Å². The third-order valence-corrected chi connectivity index (χ3v) is 3.29. The Balaban J connectivity index is 2.55. The smallest absolute Gasteiger partial charge is 0.306 e. The number of rotatable bonds is 6. The van der Waals surface area contributed by atoms with E-state index >= 15 is 0 Å². The molecule has 0 fully saturated rings. The fourth-order valence-corrected chi connectivity index (χ4v) is 2.01. The molecule has 0 aliphatic rings. The summed E-state index contributed by atoms with van der Waals surface area (Å²) in [6.45, 7) is 0.173. The van der Waals surface area contributed by atoms with E-state index in [0.717, 1.165) is 3.57 Å². The number of hydrogen-bond donors (Lipinski definition) is 2. The first-order valence-corrected chi connectivity index (χ1v) is 6.39. The minimum Gasteiger partial charge on any atom is -0.481 e. The van der Waals surface area contributed by atoms with Gasteiger partial charge in [0.2, 0.25) is 0 Å². The molecule has 1 aromatic rings. The molecule has 1 aromatic carbocycles. The van der Waals surface area contributed by atoms with Gasteiger partial charge in [-0.05, 0) is 34.7 Å². The van der Waals surface area contributed by atoms with E-state index in [0.29, 0.717) is 5.56 Å². The predicted octanol–water partition coefficient (Wildman–Crippen LogP) is 1.51. The quantitative estimate of drug-likeness (QED) is 0.752. The molecular formula is C12H14INO4. The molecule has 0 saturated carbocycles. The van der Waals surface area contributed by atoms with Crippen molar-refractivity contribution in [1.82, 2.24) is 5.32 Å². The molecule has 0 aliphatic carbocycles. The molecule has 0 spiro atoms. The van der Waals surface area contributed by atoms with Gasteiger partial charge in [0.05, 0.1) is 18.1 Å². The zero-order valence-electron chi connectivity index (χ0n) is 9.85. The van der Waals surface area contributed by atoms with Crippen LogP contribution in [0.15, 0.2) is 24.3 Å². The minimum absolute atomic E-state index is 0.136. The van der Waals surface area contributed by atoms with E-state index in [4.69, 9.17) is 9.84 Å². The first kappa shape index (κ1) is 14.9. The lowest BCUT2D eigenvalue weighted by atomic mass is 10.2. The van der Waals surface area contributed by atoms with Crippen LogP contribution in [0.1, 0.15) is 16.8 Å². The van der Waals surface area contributed by atoms with E-state index in [1.54, 1.807) is 12.1 Å². The van der Waals surface area contributed by atoms with Crippen LogP contribution in [-0.2, 0) is 9.53 Å². The summed E-state index contributed by atoms with van der Waals surface area (Å²) in [5.41, 5.74) is 0.572. The number of carboxylic acid groups (broad SMARTS) is 1. The van der Waals surface area contributed by atoms with Crippen LogP contribution in [0.4, 0.5) is 0 Å². The average molecular weight is 363 g/mol. The standard InChI is InChI=1S/C12H14INO4/c1-18-8(6-11(15)16)7-14-12(17)9-4-2-3-5-10(9)13/h2-5,8H,6-7H2,1H3,(H,14,17)(H,15,16). The van der Waals surface area contributed by atoms with Crippen molar-refractivity contribution in [3.05, 3.63) is 33.4 Å². The second-order valence-corrected chi connectivity index (χ2v) is 4.81. The number of ether oxygens (including phenoxy) is 1. The number of halogens is 1. The van der Waals surface area contributed by atoms with Gasteiger partial charge in [0.25, 0.3) is 5.91 Å². The van der Waals surface area contributed by atoms with E-state index < -0.39 is 12.1 Å². The summed E-state index contributed by atoms with van der Waals surface area (Å²) in [6, 6.07) is 7.18. The molecule has 0 saturated heterocycles. The number of carbonyl (C=O) groups is 2. The maximum Gasteiger partial charge on any atom is 0.306 e. The lowest BCUT2D eigenvalue weighted by Crippen LogP contribution is -2.34. The summed E-state index contributed by atoms with van der Waals surface area (Å²) in [6.07, 6.45) is -0.657. The van der Waals surface area contributed by atoms with Crippen molar-refractivity contribution in [3.8, 4) is 0 Å². The highest BCUT2D eigenvalue weighted by Crippen LogP contribution is 2.11. The molecule has 0 aromatic heterocycles. The van der Waals surface area contributed by atoms with Gasteiger partial charge in [-0.15, -0.1) is 0 Å². The van der Waals surface area contributed by atoms with E-state index in [1.807, 2.05) is 12.1 Å². The highest BCUT2D eigenvalue weighted by atomic mass is 127. The summed E-state index contributed by atoms with van der Waals surface area (Å²) in [7, 11) is 1.42. The van der Waals surface area contributed by atoms with Gasteiger partial charge in [-0.25, -0.2) is 0 Å². The monoisotopic (exact) mass is 363 g/mol. The molecule has 2 N–H and O–H groups in total. The van der Waals surface area contributed by atoms with E-state index in [1.165, 1.54) is 7.11 Å². The lowest BCUT2D eigenvalue weighted by Gasteiger charge is -2.14. The summed E-state index contributed by atoms with van der Waals surface area (Å²) < 4.78 is 5.83. The Bertz CT molecular complexity index is 436. The highest BCUT2D eigenvalue weighted by Gasteiger charge is 2.15. The fraction of sp³-hybridized carbons (Fsp3) is 0.333. The second-order valence-electron chi connectivity index (χ2n) is 3.65. The molecule has 1 rings (SSSR count). The SMILES string of the molecule is COC(CNC(=O)c1ccccc1I)CC(=O)O. The number of nitrogens with one attached hydrogen (secondary N) is 1. The normalized spacial score (nSPS) is 11.9. The van der Waals surface area contributed by atoms with Gasteiger partial charge in [-0.3, -0.25) is 9.59 Å². The summed E-state index contributed by atoms with van der Waals surface area (Å²) in [5.74, 6) is -1.18. The van der Waals surface area contributed by atoms with Crippen LogP contribution in [0.3, 0.4) is 0 Å². The van der Waals surface area contributed by atoms with Gasteiger partial charge >= 0.3 is 5.97 Å². The van der Waals surface area contributed by atoms with Crippen LogP contribution >= 0.6 is 22.6 Å². The molecule has 18 heavy (non-hydrogen) atoms. The lowest BCUT2D eigenvalue weighted by molar-refractivity contribution is -0.139. The Labute approximate surface area is 119 Å². The van der Waals surface area contributed by atoms with Gasteiger partial charge < -0.3 is 15.2 Å². The third-order valence-electron chi connectivity index (χ3n) is 2.34. The van der Waals surface area contributed by atoms with Crippen molar-refractivity contribution in [2.45, 2.75) is 12.5 Å². The zero-order chi connectivity index (χ0) is 13.5. The van der Waals surface area contributed by atoms with E-state index in [-0.39, 0.29) is 18.9 Å². The van der Waals surface area contributed by atoms with Crippen molar-refractivity contribution < 1.29 is 19.4 Å². The fourth-order valence-electron chi connectivity index (χ4n) is 1.38. The first-order valence-electron chi connectivity index (χ1n) is 5.32. The van der Waals surface area contributed by atoms with Gasteiger partial charge in [-0.2, -0.15) is 0 Å². The topological polar surface area (TPSA) is 75.6 Å². The Morgan fingerprint density at radius 1 is 1.44 bits per heavy atom. The molecule has 6 heteroatoms. The molecule has 0 bridgehead atoms. The molecule has 0 radical (unpaired) electrons. The number of aliphatic carboxylic acids is 1. The van der Waals surface area contributed by atoms with Gasteiger partial charge in [0, 0.05) is 17.2 Å². The Kier molecular flexibility index (Phi) is 6.06. The molecule has 98 valence electrons. The average Bonchev–Trinajstić information content (AvgIpc) is 2.34. The number of hydrogen-bond acceptors (Lipinski definition) is 3. The molecule has 5 nitrogen and oxygen atoms in total. The summed E-state index contributed by atoms with van der Waals surface area (Å²) >= 11 is 2.08. The van der Waals surface area contributed by atoms with E-state index in [9.17, 15) is 9.59 Å². The molecule has 1 unspecified atom stereocenters. The first-order chi connectivity index (χ1) is 8.54. The van der Waals surface area contributed by atoms with Gasteiger partial charge in [0.1, 0.15) is 0 Å². The maximum absolute atomic E-state index is 11.9. The molecule has 1 atom stereocenters. The van der Waals surface area contributed by atoms with Crippen molar-refractivity contribution in [3.63, 3.8) is 0 Å². The minimum atomic E-state index is -0.953. The second kappa shape index (κ2) is 7.32. The Morgan fingerprint density at radius 3 is 2.67 bits per heavy atom. The van der Waals surface area contributed by atoms with Crippen molar-refractivity contribution in [1.29, 1.82) is 0 Å². The molecule has 0 aliphatic heterocycles. The zero-order valence-corrected chi connectivity index (χ0v) is 12.0. The highest BCUT2D eigenvalue weighted by molar-refractivity contribution is 14.1. The number of methoxy groups -OCH3 is 1. The van der Waals surface area contributed by atoms with Crippen molar-refractivity contribution in [2.24, 2.45) is 0 Å². The van der Waals surface area contributed by atoms with Crippen LogP contribution in [0.25, 0.3) is 0 Å². The van der Waals surface area contributed by atoms with Crippen molar-refractivity contribution in [2.75, 3.05) is 13.7 Å². The summed E-state index contributed by atoms with van der Waals surface area (Å²) in [5, 5.41) is 11.3. The maximum atomic E-state index is 11.9. The molecule has 1 amide bonds. The van der Waals surface area contributed by atoms with Crippen LogP contribution in [0, 0.1) is 3.57 Å². The number of amides is 1. The van der Waals surface area contributed by atoms with Crippen LogP contribution in [0.2, 0.25) is 0 Å². The molecule has 0 heterocycles. The summed E-state index contributed by atoms with van der Waals surface area (Å²) in [4.78, 5) is 22.4. The van der Waals surface area contributed by atoms with Crippen molar-refractivity contribution >= 4 is 34.5 Å². The number of benzene rings is 1. The Morgan fingerprint density at radius 2 is 2.11 bits per heavy atom. The van der Waals surface area contributed by atoms with E-state index in [2.05, 4.69) is 27.9 Å². The van der Waals surface area contributed by atoms with Crippen LogP contribution in [0.5, 0.6) is 0 Å². The number of carbonyl (C=O) groups excluding carboxylic acids is 1.